The number of aliphatic hydroxyl groups is 2. The SMILES string of the molecule is CC(=O)O[C@H]1C[C@]2(C(C)(C)O)C(=C1C)[C@@H](O)[C@H](OC(=O)c1ccccc1)[C@@]1(C)[C@H](OC(C)=O)C[C@@H]3OC[C@@]3(OC(C)=O)[C@@H]1[C@H]2OC(C)=O. The highest BCUT2D eigenvalue weighted by Gasteiger charge is 2.80. The van der Waals surface area contributed by atoms with Gasteiger partial charge in [-0.15, -0.1) is 0 Å². The third-order valence-corrected chi connectivity index (χ3v) is 10.8. The van der Waals surface area contributed by atoms with Crippen molar-refractivity contribution < 1.29 is 62.6 Å². The lowest BCUT2D eigenvalue weighted by atomic mass is 9.49. The maximum absolute atomic E-state index is 13.9. The fourth-order valence-corrected chi connectivity index (χ4v) is 9.02. The summed E-state index contributed by atoms with van der Waals surface area (Å²) in [5.41, 5.74) is -6.13. The van der Waals surface area contributed by atoms with E-state index in [9.17, 15) is 34.2 Å². The molecule has 0 amide bonds. The first-order valence-corrected chi connectivity index (χ1v) is 16.0. The Labute approximate surface area is 278 Å². The summed E-state index contributed by atoms with van der Waals surface area (Å²) in [6.45, 7) is 10.9. The van der Waals surface area contributed by atoms with E-state index in [1.807, 2.05) is 0 Å². The predicted molar refractivity (Wildman–Crippen MR) is 165 cm³/mol. The van der Waals surface area contributed by atoms with Crippen LogP contribution in [0.3, 0.4) is 0 Å². The van der Waals surface area contributed by atoms with E-state index >= 15 is 0 Å². The van der Waals surface area contributed by atoms with Gasteiger partial charge in [-0.2, -0.15) is 0 Å². The molecule has 10 atom stereocenters. The lowest BCUT2D eigenvalue weighted by Gasteiger charge is -2.65. The molecule has 48 heavy (non-hydrogen) atoms. The predicted octanol–water partition coefficient (Wildman–Crippen LogP) is 2.59. The Morgan fingerprint density at radius 1 is 0.875 bits per heavy atom. The molecule has 1 heterocycles. The summed E-state index contributed by atoms with van der Waals surface area (Å²) in [6, 6.07) is 8.07. The number of carbonyl (C=O) groups is 5. The highest BCUT2D eigenvalue weighted by Crippen LogP contribution is 2.68. The van der Waals surface area contributed by atoms with Gasteiger partial charge in [0.25, 0.3) is 0 Å². The maximum Gasteiger partial charge on any atom is 0.338 e. The Hall–Kier alpha value is -3.81. The molecule has 1 aromatic carbocycles. The number of carbonyl (C=O) groups excluding carboxylic acids is 5. The first-order valence-electron chi connectivity index (χ1n) is 16.0. The van der Waals surface area contributed by atoms with Gasteiger partial charge in [0, 0.05) is 40.5 Å². The van der Waals surface area contributed by atoms with E-state index in [0.717, 1.165) is 0 Å². The number of esters is 5. The third kappa shape index (κ3) is 5.39. The standard InChI is InChI=1S/C35H44O13/c1-17-23(44-18(2)36)15-34(32(6,7)42)26(17)27(40)29(47-31(41)22-12-10-9-11-13-22)33(8)24(45-19(3)37)14-25-35(16-43-25,48-21(5)39)28(33)30(34)46-20(4)38/h9-13,23-25,27-30,40,42H,14-16H2,1-8H3/t23-,24+,25-,27+,28+,29-,30+,33-,34-,35-/m0/s1. The van der Waals surface area contributed by atoms with Gasteiger partial charge in [-0.25, -0.2) is 4.79 Å². The zero-order valence-corrected chi connectivity index (χ0v) is 28.4. The van der Waals surface area contributed by atoms with Crippen LogP contribution in [0.4, 0.5) is 0 Å². The van der Waals surface area contributed by atoms with E-state index in [4.69, 9.17) is 28.4 Å². The van der Waals surface area contributed by atoms with Gasteiger partial charge in [-0.3, -0.25) is 19.2 Å². The molecule has 2 N–H and O–H groups in total. The lowest BCUT2D eigenvalue weighted by Crippen LogP contribution is -2.79. The van der Waals surface area contributed by atoms with Crippen LogP contribution in [-0.2, 0) is 47.6 Å². The molecule has 13 nitrogen and oxygen atoms in total. The van der Waals surface area contributed by atoms with Crippen molar-refractivity contribution in [2.24, 2.45) is 16.7 Å². The summed E-state index contributed by atoms with van der Waals surface area (Å²) in [5, 5.41) is 25.0. The van der Waals surface area contributed by atoms with Crippen molar-refractivity contribution in [3.63, 3.8) is 0 Å². The van der Waals surface area contributed by atoms with Gasteiger partial charge < -0.3 is 38.6 Å². The Bertz CT molecular complexity index is 1530. The van der Waals surface area contributed by atoms with Crippen LogP contribution in [0.2, 0.25) is 0 Å². The fourth-order valence-electron chi connectivity index (χ4n) is 9.02. The van der Waals surface area contributed by atoms with Crippen LogP contribution in [0.15, 0.2) is 41.5 Å². The minimum absolute atomic E-state index is 0.0254. The second-order valence-electron chi connectivity index (χ2n) is 14.1. The molecule has 1 aromatic rings. The molecule has 0 bridgehead atoms. The first-order chi connectivity index (χ1) is 22.3. The number of ether oxygens (including phenoxy) is 6. The van der Waals surface area contributed by atoms with E-state index in [1.54, 1.807) is 32.0 Å². The van der Waals surface area contributed by atoms with Crippen LogP contribution in [0.5, 0.6) is 0 Å². The maximum atomic E-state index is 13.9. The molecule has 2 saturated carbocycles. The monoisotopic (exact) mass is 672 g/mol. The zero-order chi connectivity index (χ0) is 35.6. The van der Waals surface area contributed by atoms with Crippen LogP contribution >= 0.6 is 0 Å². The normalized spacial score (nSPS) is 37.0. The molecule has 0 radical (unpaired) electrons. The smallest absolute Gasteiger partial charge is 0.338 e. The Balaban J connectivity index is 1.90. The van der Waals surface area contributed by atoms with Crippen LogP contribution < -0.4 is 0 Å². The van der Waals surface area contributed by atoms with Gasteiger partial charge in [0.1, 0.15) is 36.6 Å². The van der Waals surface area contributed by atoms with Crippen molar-refractivity contribution in [3.8, 4) is 0 Å². The molecule has 1 saturated heterocycles. The number of rotatable bonds is 7. The van der Waals surface area contributed by atoms with E-state index in [1.165, 1.54) is 53.7 Å². The summed E-state index contributed by atoms with van der Waals surface area (Å²) in [6.07, 6.45) is -7.92. The van der Waals surface area contributed by atoms with E-state index in [2.05, 4.69) is 0 Å². The number of hydrogen-bond donors (Lipinski definition) is 2. The highest BCUT2D eigenvalue weighted by atomic mass is 16.6. The number of aliphatic hydroxyl groups excluding tert-OH is 1. The van der Waals surface area contributed by atoms with Crippen LogP contribution in [-0.4, -0.2) is 94.5 Å². The summed E-state index contributed by atoms with van der Waals surface area (Å²) < 4.78 is 36.2. The van der Waals surface area contributed by atoms with Crippen molar-refractivity contribution in [2.75, 3.05) is 6.61 Å². The zero-order valence-electron chi connectivity index (χ0n) is 28.4. The first kappa shape index (κ1) is 35.5. The van der Waals surface area contributed by atoms with Crippen molar-refractivity contribution in [1.82, 2.24) is 0 Å². The molecule has 3 fully saturated rings. The van der Waals surface area contributed by atoms with E-state index < -0.39 is 94.4 Å². The molecule has 13 heteroatoms. The summed E-state index contributed by atoms with van der Waals surface area (Å²) in [5.74, 6) is -4.81. The number of fused-ring (bicyclic) bond motifs is 4. The molecule has 4 aliphatic rings. The molecule has 0 unspecified atom stereocenters. The fraction of sp³-hybridized carbons (Fsp3) is 0.629. The van der Waals surface area contributed by atoms with Crippen LogP contribution in [0, 0.1) is 16.7 Å². The van der Waals surface area contributed by atoms with Crippen molar-refractivity contribution in [3.05, 3.63) is 47.0 Å². The van der Waals surface area contributed by atoms with Gasteiger partial charge in [0.15, 0.2) is 5.60 Å². The van der Waals surface area contributed by atoms with Gasteiger partial charge in [-0.05, 0) is 44.1 Å². The van der Waals surface area contributed by atoms with Crippen molar-refractivity contribution in [2.45, 2.75) is 116 Å². The Morgan fingerprint density at radius 2 is 1.48 bits per heavy atom. The highest BCUT2D eigenvalue weighted by molar-refractivity contribution is 5.89. The average Bonchev–Trinajstić information content (AvgIpc) is 3.23. The van der Waals surface area contributed by atoms with Gasteiger partial charge in [-0.1, -0.05) is 25.1 Å². The molecular formula is C35H44O13. The molecule has 5 rings (SSSR count). The van der Waals surface area contributed by atoms with Crippen molar-refractivity contribution >= 4 is 29.8 Å². The quantitative estimate of drug-likeness (QED) is 0.245. The molecule has 3 aliphatic carbocycles. The summed E-state index contributed by atoms with van der Waals surface area (Å²) in [4.78, 5) is 64.9. The van der Waals surface area contributed by atoms with E-state index in [0.29, 0.717) is 5.57 Å². The van der Waals surface area contributed by atoms with Gasteiger partial charge in [0.05, 0.1) is 34.5 Å². The average molecular weight is 673 g/mol. The Morgan fingerprint density at radius 3 is 1.98 bits per heavy atom. The molecule has 262 valence electrons. The van der Waals surface area contributed by atoms with E-state index in [-0.39, 0.29) is 30.6 Å². The second-order valence-corrected chi connectivity index (χ2v) is 14.1. The van der Waals surface area contributed by atoms with Gasteiger partial charge in [0.2, 0.25) is 0 Å². The largest absolute Gasteiger partial charge is 0.462 e. The summed E-state index contributed by atoms with van der Waals surface area (Å²) in [7, 11) is 0. The second kappa shape index (κ2) is 12.3. The van der Waals surface area contributed by atoms with Crippen LogP contribution in [0.1, 0.15) is 78.6 Å². The minimum Gasteiger partial charge on any atom is -0.462 e. The number of benzene rings is 1. The molecule has 1 aliphatic heterocycles. The molecule has 0 aromatic heterocycles. The van der Waals surface area contributed by atoms with Crippen LogP contribution in [0.25, 0.3) is 0 Å². The Kier molecular flexibility index (Phi) is 9.07. The topological polar surface area (TPSA) is 181 Å². The van der Waals surface area contributed by atoms with Crippen molar-refractivity contribution in [1.29, 1.82) is 0 Å². The van der Waals surface area contributed by atoms with Gasteiger partial charge >= 0.3 is 29.8 Å². The third-order valence-electron chi connectivity index (χ3n) is 10.8. The minimum atomic E-state index is -1.83. The molecular weight excluding hydrogens is 628 g/mol. The molecule has 0 spiro atoms. The summed E-state index contributed by atoms with van der Waals surface area (Å²) >= 11 is 0. The number of hydrogen-bond acceptors (Lipinski definition) is 13. The lowest BCUT2D eigenvalue weighted by molar-refractivity contribution is -0.352.